The van der Waals surface area contributed by atoms with E-state index in [1.165, 1.54) is 11.5 Å². The van der Waals surface area contributed by atoms with Crippen LogP contribution in [0.25, 0.3) is 0 Å². The number of carbonyl (C=O) groups is 1. The minimum Gasteiger partial charge on any atom is -0.381 e. The highest BCUT2D eigenvalue weighted by molar-refractivity contribution is 7.99. The maximum atomic E-state index is 12.8. The first-order valence-corrected chi connectivity index (χ1v) is 11.3. The Kier molecular flexibility index (Phi) is 7.10. The molecule has 1 aromatic rings. The first-order valence-electron chi connectivity index (χ1n) is 9.16. The zero-order valence-corrected chi connectivity index (χ0v) is 16.6. The molecule has 0 spiro atoms. The number of carbonyl (C=O) groups excluding carboxylic acids is 1. The Bertz CT molecular complexity index is 570. The van der Waals surface area contributed by atoms with Gasteiger partial charge in [0.25, 0.3) is 5.91 Å². The summed E-state index contributed by atoms with van der Waals surface area (Å²) in [7, 11) is 0. The molecule has 0 bridgehead atoms. The van der Waals surface area contributed by atoms with Crippen molar-refractivity contribution in [3.05, 3.63) is 29.8 Å². The van der Waals surface area contributed by atoms with E-state index in [0.717, 1.165) is 55.4 Å². The van der Waals surface area contributed by atoms with Crippen LogP contribution in [0.3, 0.4) is 0 Å². The van der Waals surface area contributed by atoms with Gasteiger partial charge in [-0.25, -0.2) is 0 Å². The summed E-state index contributed by atoms with van der Waals surface area (Å²) in [4.78, 5) is 16.5. The summed E-state index contributed by atoms with van der Waals surface area (Å²) in [5, 5.41) is 3.25. The first-order chi connectivity index (χ1) is 12.2. The molecule has 4 nitrogen and oxygen atoms in total. The third-order valence-electron chi connectivity index (χ3n) is 5.11. The van der Waals surface area contributed by atoms with Gasteiger partial charge in [0.05, 0.1) is 5.56 Å². The molecule has 6 heteroatoms. The Labute approximate surface area is 159 Å². The molecular formula is C19H28N2O2S2. The zero-order chi connectivity index (χ0) is 17.5. The zero-order valence-electron chi connectivity index (χ0n) is 15.0. The predicted octanol–water partition coefficient (Wildman–Crippen LogP) is 3.13. The van der Waals surface area contributed by atoms with Crippen LogP contribution in [0.15, 0.2) is 29.2 Å². The van der Waals surface area contributed by atoms with Crippen LogP contribution in [0, 0.1) is 0 Å². The van der Waals surface area contributed by atoms with Gasteiger partial charge in [0, 0.05) is 54.8 Å². The van der Waals surface area contributed by atoms with E-state index in [-0.39, 0.29) is 11.4 Å². The molecule has 2 heterocycles. The average molecular weight is 381 g/mol. The minimum atomic E-state index is 0.0498. The quantitative estimate of drug-likeness (QED) is 0.768. The van der Waals surface area contributed by atoms with Crippen molar-refractivity contribution in [1.82, 2.24) is 10.2 Å². The van der Waals surface area contributed by atoms with Gasteiger partial charge < -0.3 is 10.1 Å². The number of nitrogens with zero attached hydrogens (tertiary/aromatic N) is 1. The molecule has 2 saturated heterocycles. The van der Waals surface area contributed by atoms with Crippen molar-refractivity contribution in [3.8, 4) is 0 Å². The second-order valence-electron chi connectivity index (χ2n) is 6.55. The standard InChI is InChI=1S/C19H28N2O2S2/c1-2-25-17-6-4-3-5-16(17)18(22)20-15-19(7-11-23-12-8-19)21-9-13-24-14-10-21/h3-6H,2,7-15H2,1H3,(H,20,22). The van der Waals surface area contributed by atoms with Crippen molar-refractivity contribution >= 4 is 29.4 Å². The summed E-state index contributed by atoms with van der Waals surface area (Å²) in [6.07, 6.45) is 2.01. The average Bonchev–Trinajstić information content (AvgIpc) is 2.68. The van der Waals surface area contributed by atoms with E-state index in [0.29, 0.717) is 6.54 Å². The number of hydrogen-bond donors (Lipinski definition) is 1. The number of ether oxygens (including phenoxy) is 1. The summed E-state index contributed by atoms with van der Waals surface area (Å²) < 4.78 is 5.61. The molecule has 2 aliphatic rings. The van der Waals surface area contributed by atoms with Gasteiger partial charge in [-0.2, -0.15) is 11.8 Å². The van der Waals surface area contributed by atoms with Crippen LogP contribution in [0.4, 0.5) is 0 Å². The van der Waals surface area contributed by atoms with E-state index in [4.69, 9.17) is 4.74 Å². The van der Waals surface area contributed by atoms with Crippen LogP contribution in [0.2, 0.25) is 0 Å². The molecule has 1 aromatic carbocycles. The first kappa shape index (κ1) is 19.1. The maximum Gasteiger partial charge on any atom is 0.252 e. The lowest BCUT2D eigenvalue weighted by molar-refractivity contribution is -0.0237. The number of rotatable bonds is 6. The van der Waals surface area contributed by atoms with Crippen LogP contribution < -0.4 is 5.32 Å². The lowest BCUT2D eigenvalue weighted by Gasteiger charge is -2.48. The SMILES string of the molecule is CCSc1ccccc1C(=O)NCC1(N2CCSCC2)CCOCC1. The number of thioether (sulfide) groups is 2. The van der Waals surface area contributed by atoms with Crippen LogP contribution in [-0.4, -0.2) is 66.5 Å². The van der Waals surface area contributed by atoms with Gasteiger partial charge >= 0.3 is 0 Å². The molecule has 1 amide bonds. The Hall–Kier alpha value is -0.690. The molecule has 0 saturated carbocycles. The maximum absolute atomic E-state index is 12.8. The monoisotopic (exact) mass is 380 g/mol. The molecule has 2 fully saturated rings. The number of hydrogen-bond acceptors (Lipinski definition) is 5. The topological polar surface area (TPSA) is 41.6 Å². The predicted molar refractivity (Wildman–Crippen MR) is 107 cm³/mol. The van der Waals surface area contributed by atoms with E-state index in [2.05, 4.69) is 17.1 Å². The van der Waals surface area contributed by atoms with Crippen molar-refractivity contribution in [2.24, 2.45) is 0 Å². The van der Waals surface area contributed by atoms with Gasteiger partial charge in [-0.15, -0.1) is 11.8 Å². The van der Waals surface area contributed by atoms with Gasteiger partial charge in [-0.3, -0.25) is 9.69 Å². The fourth-order valence-corrected chi connectivity index (χ4v) is 5.37. The lowest BCUT2D eigenvalue weighted by Crippen LogP contribution is -2.60. The highest BCUT2D eigenvalue weighted by atomic mass is 32.2. The van der Waals surface area contributed by atoms with E-state index in [1.807, 2.05) is 36.0 Å². The fourth-order valence-electron chi connectivity index (χ4n) is 3.67. The highest BCUT2D eigenvalue weighted by Gasteiger charge is 2.39. The minimum absolute atomic E-state index is 0.0498. The summed E-state index contributed by atoms with van der Waals surface area (Å²) >= 11 is 3.75. The summed E-state index contributed by atoms with van der Waals surface area (Å²) in [6, 6.07) is 7.91. The second-order valence-corrected chi connectivity index (χ2v) is 9.08. The molecule has 3 rings (SSSR count). The molecule has 0 aliphatic carbocycles. The third-order valence-corrected chi connectivity index (χ3v) is 7.01. The summed E-state index contributed by atoms with van der Waals surface area (Å²) in [5.41, 5.74) is 0.854. The van der Waals surface area contributed by atoms with Gasteiger partial charge in [0.2, 0.25) is 0 Å². The van der Waals surface area contributed by atoms with Gasteiger partial charge in [0.15, 0.2) is 0 Å². The number of amides is 1. The molecule has 25 heavy (non-hydrogen) atoms. The van der Waals surface area contributed by atoms with Crippen molar-refractivity contribution < 1.29 is 9.53 Å². The summed E-state index contributed by atoms with van der Waals surface area (Å²) in [5.74, 6) is 3.39. The van der Waals surface area contributed by atoms with Crippen LogP contribution in [-0.2, 0) is 4.74 Å². The largest absolute Gasteiger partial charge is 0.381 e. The third kappa shape index (κ3) is 4.73. The van der Waals surface area contributed by atoms with Crippen LogP contribution in [0.1, 0.15) is 30.1 Å². The number of nitrogens with one attached hydrogen (secondary N) is 1. The second kappa shape index (κ2) is 9.31. The molecule has 1 N–H and O–H groups in total. The molecule has 0 atom stereocenters. The molecule has 2 aliphatic heterocycles. The Morgan fingerprint density at radius 1 is 1.28 bits per heavy atom. The highest BCUT2D eigenvalue weighted by Crippen LogP contribution is 2.30. The van der Waals surface area contributed by atoms with Crippen LogP contribution in [0.5, 0.6) is 0 Å². The van der Waals surface area contributed by atoms with Crippen molar-refractivity contribution in [3.63, 3.8) is 0 Å². The van der Waals surface area contributed by atoms with Crippen molar-refractivity contribution in [1.29, 1.82) is 0 Å². The number of benzene rings is 1. The van der Waals surface area contributed by atoms with Gasteiger partial charge in [0.1, 0.15) is 0 Å². The Balaban J connectivity index is 1.69. The van der Waals surface area contributed by atoms with E-state index >= 15 is 0 Å². The fraction of sp³-hybridized carbons (Fsp3) is 0.632. The van der Waals surface area contributed by atoms with Crippen molar-refractivity contribution in [2.75, 3.05) is 50.1 Å². The van der Waals surface area contributed by atoms with Crippen molar-refractivity contribution in [2.45, 2.75) is 30.2 Å². The molecule has 0 unspecified atom stereocenters. The van der Waals surface area contributed by atoms with Gasteiger partial charge in [-0.1, -0.05) is 19.1 Å². The molecule has 138 valence electrons. The molecule has 0 radical (unpaired) electrons. The van der Waals surface area contributed by atoms with Gasteiger partial charge in [-0.05, 0) is 30.7 Å². The molecule has 0 aromatic heterocycles. The Morgan fingerprint density at radius 2 is 2.00 bits per heavy atom. The van der Waals surface area contributed by atoms with Crippen LogP contribution >= 0.6 is 23.5 Å². The Morgan fingerprint density at radius 3 is 2.72 bits per heavy atom. The molecular weight excluding hydrogens is 352 g/mol. The van der Waals surface area contributed by atoms with E-state index in [9.17, 15) is 4.79 Å². The lowest BCUT2D eigenvalue weighted by atomic mass is 9.87. The normalized spacial score (nSPS) is 21.0. The van der Waals surface area contributed by atoms with E-state index < -0.39 is 0 Å². The summed E-state index contributed by atoms with van der Waals surface area (Å²) in [6.45, 7) is 6.64. The smallest absolute Gasteiger partial charge is 0.252 e. The van der Waals surface area contributed by atoms with E-state index in [1.54, 1.807) is 11.8 Å².